The standard InChI is InChI=1S/C12H12BrFS/c13-10-5-9-8(7-1-2-7)3-4-15-12(9)6-11(10)14/h5-8H,1-4H2. The van der Waals surface area contributed by atoms with Crippen LogP contribution >= 0.6 is 27.7 Å². The Kier molecular flexibility index (Phi) is 2.56. The molecule has 0 nitrogen and oxygen atoms in total. The minimum Gasteiger partial charge on any atom is -0.206 e. The second-order valence-electron chi connectivity index (χ2n) is 4.39. The molecule has 0 N–H and O–H groups in total. The second kappa shape index (κ2) is 3.77. The number of thioether (sulfide) groups is 1. The van der Waals surface area contributed by atoms with E-state index in [0.29, 0.717) is 10.4 Å². The molecule has 2 aliphatic rings. The predicted octanol–water partition coefficient (Wildman–Crippen LogP) is 4.58. The van der Waals surface area contributed by atoms with Crippen LogP contribution in [0, 0.1) is 11.7 Å². The van der Waals surface area contributed by atoms with Crippen LogP contribution in [0.5, 0.6) is 0 Å². The molecule has 1 atom stereocenters. The smallest absolute Gasteiger partial charge is 0.138 e. The third-order valence-electron chi connectivity index (χ3n) is 3.33. The fraction of sp³-hybridized carbons (Fsp3) is 0.500. The van der Waals surface area contributed by atoms with Gasteiger partial charge in [0.25, 0.3) is 0 Å². The van der Waals surface area contributed by atoms with Crippen LogP contribution in [0.25, 0.3) is 0 Å². The molecule has 3 heteroatoms. The molecule has 15 heavy (non-hydrogen) atoms. The summed E-state index contributed by atoms with van der Waals surface area (Å²) in [7, 11) is 0. The maximum absolute atomic E-state index is 13.4. The van der Waals surface area contributed by atoms with Crippen LogP contribution in [0.15, 0.2) is 21.5 Å². The van der Waals surface area contributed by atoms with Crippen LogP contribution in [0.2, 0.25) is 0 Å². The number of hydrogen-bond acceptors (Lipinski definition) is 1. The Labute approximate surface area is 102 Å². The Bertz CT molecular complexity index is 401. The van der Waals surface area contributed by atoms with Crippen molar-refractivity contribution < 1.29 is 4.39 Å². The van der Waals surface area contributed by atoms with E-state index < -0.39 is 0 Å². The van der Waals surface area contributed by atoms with Crippen molar-refractivity contribution in [1.82, 2.24) is 0 Å². The van der Waals surface area contributed by atoms with Crippen molar-refractivity contribution in [2.75, 3.05) is 5.75 Å². The van der Waals surface area contributed by atoms with Crippen LogP contribution in [0.3, 0.4) is 0 Å². The van der Waals surface area contributed by atoms with Crippen LogP contribution in [-0.4, -0.2) is 5.75 Å². The first-order chi connectivity index (χ1) is 7.25. The van der Waals surface area contributed by atoms with Crippen LogP contribution in [0.1, 0.15) is 30.7 Å². The van der Waals surface area contributed by atoms with Gasteiger partial charge in [0, 0.05) is 4.90 Å². The summed E-state index contributed by atoms with van der Waals surface area (Å²) in [5, 5.41) is 0. The van der Waals surface area contributed by atoms with Gasteiger partial charge in [0.1, 0.15) is 5.82 Å². The monoisotopic (exact) mass is 286 g/mol. The molecule has 0 amide bonds. The van der Waals surface area contributed by atoms with Gasteiger partial charge in [0.05, 0.1) is 4.47 Å². The Balaban J connectivity index is 2.05. The molecule has 1 heterocycles. The van der Waals surface area contributed by atoms with Gasteiger partial charge < -0.3 is 0 Å². The molecule has 1 saturated carbocycles. The Hall–Kier alpha value is -0.0200. The Morgan fingerprint density at radius 1 is 1.27 bits per heavy atom. The van der Waals surface area contributed by atoms with E-state index in [2.05, 4.69) is 15.9 Å². The fourth-order valence-corrected chi connectivity index (χ4v) is 3.91. The van der Waals surface area contributed by atoms with E-state index in [1.807, 2.05) is 6.07 Å². The minimum absolute atomic E-state index is 0.127. The van der Waals surface area contributed by atoms with E-state index in [1.165, 1.54) is 29.7 Å². The van der Waals surface area contributed by atoms with Crippen LogP contribution < -0.4 is 0 Å². The van der Waals surface area contributed by atoms with Gasteiger partial charge in [-0.05, 0) is 70.5 Å². The fourth-order valence-electron chi connectivity index (χ4n) is 2.40. The highest BCUT2D eigenvalue weighted by Crippen LogP contribution is 2.50. The molecule has 1 aromatic carbocycles. The molecule has 0 saturated heterocycles. The molecule has 1 aromatic rings. The lowest BCUT2D eigenvalue weighted by Gasteiger charge is -2.25. The van der Waals surface area contributed by atoms with Crippen molar-refractivity contribution in [2.45, 2.75) is 30.1 Å². The Morgan fingerprint density at radius 3 is 2.80 bits per heavy atom. The third kappa shape index (κ3) is 1.84. The summed E-state index contributed by atoms with van der Waals surface area (Å²) in [5.41, 5.74) is 1.38. The summed E-state index contributed by atoms with van der Waals surface area (Å²) < 4.78 is 14.0. The van der Waals surface area contributed by atoms with E-state index in [0.717, 1.165) is 11.7 Å². The largest absolute Gasteiger partial charge is 0.206 e. The number of hydrogen-bond donors (Lipinski definition) is 0. The first-order valence-electron chi connectivity index (χ1n) is 5.37. The van der Waals surface area contributed by atoms with Gasteiger partial charge in [-0.1, -0.05) is 0 Å². The molecular weight excluding hydrogens is 275 g/mol. The zero-order chi connectivity index (χ0) is 10.4. The summed E-state index contributed by atoms with van der Waals surface area (Å²) >= 11 is 5.09. The molecule has 0 spiro atoms. The first-order valence-corrected chi connectivity index (χ1v) is 7.15. The van der Waals surface area contributed by atoms with Gasteiger partial charge in [0.2, 0.25) is 0 Å². The maximum Gasteiger partial charge on any atom is 0.138 e. The van der Waals surface area contributed by atoms with Crippen molar-refractivity contribution >= 4 is 27.7 Å². The van der Waals surface area contributed by atoms with Crippen molar-refractivity contribution in [3.05, 3.63) is 28.0 Å². The zero-order valence-electron chi connectivity index (χ0n) is 8.30. The van der Waals surface area contributed by atoms with Crippen molar-refractivity contribution in [1.29, 1.82) is 0 Å². The van der Waals surface area contributed by atoms with Gasteiger partial charge >= 0.3 is 0 Å². The van der Waals surface area contributed by atoms with Gasteiger partial charge in [-0.3, -0.25) is 0 Å². The second-order valence-corrected chi connectivity index (χ2v) is 6.38. The molecule has 1 fully saturated rings. The minimum atomic E-state index is -0.127. The highest BCUT2D eigenvalue weighted by molar-refractivity contribution is 9.10. The molecule has 0 radical (unpaired) electrons. The molecule has 0 aromatic heterocycles. The lowest BCUT2D eigenvalue weighted by atomic mass is 9.91. The highest BCUT2D eigenvalue weighted by Gasteiger charge is 2.35. The zero-order valence-corrected chi connectivity index (χ0v) is 10.7. The molecule has 0 bridgehead atoms. The molecule has 1 aliphatic carbocycles. The number of fused-ring (bicyclic) bond motifs is 1. The van der Waals surface area contributed by atoms with Gasteiger partial charge in [-0.2, -0.15) is 0 Å². The highest BCUT2D eigenvalue weighted by atomic mass is 79.9. The van der Waals surface area contributed by atoms with Crippen LogP contribution in [-0.2, 0) is 0 Å². The van der Waals surface area contributed by atoms with Crippen molar-refractivity contribution in [3.8, 4) is 0 Å². The van der Waals surface area contributed by atoms with Crippen LogP contribution in [0.4, 0.5) is 4.39 Å². The van der Waals surface area contributed by atoms with Crippen molar-refractivity contribution in [3.63, 3.8) is 0 Å². The number of halogens is 2. The Morgan fingerprint density at radius 2 is 2.07 bits per heavy atom. The summed E-state index contributed by atoms with van der Waals surface area (Å²) in [4.78, 5) is 1.17. The lowest BCUT2D eigenvalue weighted by molar-refractivity contribution is 0.564. The van der Waals surface area contributed by atoms with E-state index in [-0.39, 0.29) is 5.82 Å². The number of rotatable bonds is 1. The predicted molar refractivity (Wildman–Crippen MR) is 64.9 cm³/mol. The van der Waals surface area contributed by atoms with Gasteiger partial charge in [-0.25, -0.2) is 4.39 Å². The van der Waals surface area contributed by atoms with E-state index in [9.17, 15) is 4.39 Å². The molecule has 80 valence electrons. The van der Waals surface area contributed by atoms with E-state index in [4.69, 9.17) is 0 Å². The average molecular weight is 287 g/mol. The average Bonchev–Trinajstić information content (AvgIpc) is 3.02. The number of benzene rings is 1. The van der Waals surface area contributed by atoms with Crippen molar-refractivity contribution in [2.24, 2.45) is 5.92 Å². The lowest BCUT2D eigenvalue weighted by Crippen LogP contribution is -2.09. The van der Waals surface area contributed by atoms with Gasteiger partial charge in [0.15, 0.2) is 0 Å². The van der Waals surface area contributed by atoms with E-state index >= 15 is 0 Å². The summed E-state index contributed by atoms with van der Waals surface area (Å²) in [6.45, 7) is 0. The molecular formula is C12H12BrFS. The summed E-state index contributed by atoms with van der Waals surface area (Å²) in [5.74, 6) is 2.59. The molecule has 1 aliphatic heterocycles. The summed E-state index contributed by atoms with van der Waals surface area (Å²) in [6, 6.07) is 3.69. The normalized spacial score (nSPS) is 25.1. The third-order valence-corrected chi connectivity index (χ3v) is 5.04. The topological polar surface area (TPSA) is 0 Å². The molecule has 1 unspecified atom stereocenters. The summed E-state index contributed by atoms with van der Waals surface area (Å²) in [6.07, 6.45) is 3.99. The maximum atomic E-state index is 13.4. The molecule has 3 rings (SSSR count). The SMILES string of the molecule is Fc1cc2c(cc1Br)C(C1CC1)CCS2. The van der Waals surface area contributed by atoms with E-state index in [1.54, 1.807) is 17.8 Å². The first kappa shape index (κ1) is 10.2. The quantitative estimate of drug-likeness (QED) is 0.728. The van der Waals surface area contributed by atoms with Gasteiger partial charge in [-0.15, -0.1) is 11.8 Å².